The van der Waals surface area contributed by atoms with E-state index in [1.807, 2.05) is 20.9 Å². The van der Waals surface area contributed by atoms with Crippen molar-refractivity contribution >= 4 is 0 Å². The van der Waals surface area contributed by atoms with Crippen LogP contribution in [0.5, 0.6) is 0 Å². The number of hydrogen-bond donors (Lipinski definition) is 1. The van der Waals surface area contributed by atoms with Gasteiger partial charge in [-0.1, -0.05) is 13.8 Å². The molecule has 1 aliphatic rings. The average Bonchev–Trinajstić information content (AvgIpc) is 1.99. The molecule has 0 aromatic carbocycles. The Kier molecular flexibility index (Phi) is 7.96. The van der Waals surface area contributed by atoms with Crippen molar-refractivity contribution in [3.05, 3.63) is 0 Å². The van der Waals surface area contributed by atoms with E-state index in [-0.39, 0.29) is 0 Å². The van der Waals surface area contributed by atoms with Crippen LogP contribution < -0.4 is 5.32 Å². The molecule has 1 N–H and O–H groups in total. The Morgan fingerprint density at radius 2 is 2.00 bits per heavy atom. The second kappa shape index (κ2) is 8.02. The molecule has 0 radical (unpaired) electrons. The van der Waals surface area contributed by atoms with Gasteiger partial charge in [0.15, 0.2) is 0 Å². The van der Waals surface area contributed by atoms with Crippen molar-refractivity contribution in [2.24, 2.45) is 0 Å². The summed E-state index contributed by atoms with van der Waals surface area (Å²) in [5.41, 5.74) is 0. The highest BCUT2D eigenvalue weighted by Gasteiger charge is 2.16. The van der Waals surface area contributed by atoms with Crippen molar-refractivity contribution in [2.75, 3.05) is 20.2 Å². The molecule has 1 fully saturated rings. The first kappa shape index (κ1) is 10.9. The van der Waals surface area contributed by atoms with Crippen molar-refractivity contribution in [3.63, 3.8) is 0 Å². The maximum Gasteiger partial charge on any atom is 0.0594 e. The summed E-state index contributed by atoms with van der Waals surface area (Å²) < 4.78 is 5.46. The molecule has 0 saturated heterocycles. The molecule has 68 valence electrons. The molecule has 0 unspecified atom stereocenters. The maximum absolute atomic E-state index is 5.46. The molecule has 0 heterocycles. The molecule has 1 aliphatic carbocycles. The van der Waals surface area contributed by atoms with Crippen LogP contribution >= 0.6 is 0 Å². The van der Waals surface area contributed by atoms with Gasteiger partial charge in [-0.25, -0.2) is 0 Å². The van der Waals surface area contributed by atoms with Crippen LogP contribution in [-0.4, -0.2) is 26.3 Å². The predicted octanol–water partition coefficient (Wildman–Crippen LogP) is 1.80. The van der Waals surface area contributed by atoms with Gasteiger partial charge in [0.2, 0.25) is 0 Å². The van der Waals surface area contributed by atoms with Crippen LogP contribution in [0.1, 0.15) is 33.1 Å². The lowest BCUT2D eigenvalue weighted by atomic mass is 9.96. The van der Waals surface area contributed by atoms with E-state index >= 15 is 0 Å². The van der Waals surface area contributed by atoms with E-state index in [4.69, 9.17) is 4.74 Å². The monoisotopic (exact) mass is 159 g/mol. The first-order valence-corrected chi connectivity index (χ1v) is 4.69. The number of rotatable bonds is 4. The molecule has 11 heavy (non-hydrogen) atoms. The Morgan fingerprint density at radius 3 is 2.36 bits per heavy atom. The molecule has 2 heteroatoms. The normalized spacial score (nSPS) is 16.6. The molecule has 2 nitrogen and oxygen atoms in total. The standard InChI is InChI=1S/C7H15NO.C2H6/c1-8-5-6-9-7-3-2-4-7;1-2/h7-8H,2-6H2,1H3;1-2H3. The summed E-state index contributed by atoms with van der Waals surface area (Å²) >= 11 is 0. The first-order chi connectivity index (χ1) is 5.43. The van der Waals surface area contributed by atoms with E-state index in [9.17, 15) is 0 Å². The zero-order valence-electron chi connectivity index (χ0n) is 8.02. The molecule has 1 rings (SSSR count). The fourth-order valence-electron chi connectivity index (χ4n) is 0.865. The summed E-state index contributed by atoms with van der Waals surface area (Å²) in [6.45, 7) is 5.86. The minimum atomic E-state index is 0.596. The number of hydrogen-bond acceptors (Lipinski definition) is 2. The maximum atomic E-state index is 5.46. The minimum Gasteiger partial charge on any atom is -0.377 e. The number of nitrogens with one attached hydrogen (secondary N) is 1. The lowest BCUT2D eigenvalue weighted by Gasteiger charge is -2.25. The largest absolute Gasteiger partial charge is 0.377 e. The minimum absolute atomic E-state index is 0.596. The number of ether oxygens (including phenoxy) is 1. The molecular formula is C9H21NO. The van der Waals surface area contributed by atoms with Crippen LogP contribution in [0, 0.1) is 0 Å². The second-order valence-electron chi connectivity index (χ2n) is 2.53. The Labute approximate surface area is 70.3 Å². The summed E-state index contributed by atoms with van der Waals surface area (Å²) in [5, 5.41) is 3.05. The van der Waals surface area contributed by atoms with E-state index < -0.39 is 0 Å². The van der Waals surface area contributed by atoms with Gasteiger partial charge in [0, 0.05) is 6.54 Å². The second-order valence-corrected chi connectivity index (χ2v) is 2.53. The topological polar surface area (TPSA) is 21.3 Å². The molecule has 0 bridgehead atoms. The smallest absolute Gasteiger partial charge is 0.0594 e. The third-order valence-corrected chi connectivity index (χ3v) is 1.76. The van der Waals surface area contributed by atoms with Crippen LogP contribution in [-0.2, 0) is 4.74 Å². The van der Waals surface area contributed by atoms with E-state index in [0.717, 1.165) is 13.2 Å². The van der Waals surface area contributed by atoms with E-state index in [1.165, 1.54) is 19.3 Å². The molecular weight excluding hydrogens is 138 g/mol. The Bertz CT molecular complexity index is 72.0. The van der Waals surface area contributed by atoms with Crippen LogP contribution in [0.25, 0.3) is 0 Å². The van der Waals surface area contributed by atoms with Crippen LogP contribution in [0.15, 0.2) is 0 Å². The van der Waals surface area contributed by atoms with Gasteiger partial charge in [-0.3, -0.25) is 0 Å². The highest BCUT2D eigenvalue weighted by Crippen LogP contribution is 2.21. The van der Waals surface area contributed by atoms with Crippen molar-refractivity contribution in [1.82, 2.24) is 5.32 Å². The van der Waals surface area contributed by atoms with Crippen LogP contribution in [0.2, 0.25) is 0 Å². The summed E-state index contributed by atoms with van der Waals surface area (Å²) in [7, 11) is 1.95. The highest BCUT2D eigenvalue weighted by molar-refractivity contribution is 4.68. The molecule has 0 atom stereocenters. The zero-order valence-corrected chi connectivity index (χ0v) is 8.02. The molecule has 1 saturated carbocycles. The lowest BCUT2D eigenvalue weighted by Crippen LogP contribution is -2.25. The fourth-order valence-corrected chi connectivity index (χ4v) is 0.865. The Morgan fingerprint density at radius 1 is 1.36 bits per heavy atom. The fraction of sp³-hybridized carbons (Fsp3) is 1.00. The number of likely N-dealkylation sites (N-methyl/N-ethyl adjacent to an activating group) is 1. The summed E-state index contributed by atoms with van der Waals surface area (Å²) in [4.78, 5) is 0. The summed E-state index contributed by atoms with van der Waals surface area (Å²) in [6, 6.07) is 0. The van der Waals surface area contributed by atoms with Crippen LogP contribution in [0.4, 0.5) is 0 Å². The van der Waals surface area contributed by atoms with E-state index in [0.29, 0.717) is 6.10 Å². The quantitative estimate of drug-likeness (QED) is 0.632. The van der Waals surface area contributed by atoms with Gasteiger partial charge in [-0.05, 0) is 26.3 Å². The Balaban J connectivity index is 0.000000461. The van der Waals surface area contributed by atoms with Gasteiger partial charge in [0.1, 0.15) is 0 Å². The molecule has 0 spiro atoms. The zero-order chi connectivity index (χ0) is 8.53. The van der Waals surface area contributed by atoms with Crippen molar-refractivity contribution in [2.45, 2.75) is 39.2 Å². The van der Waals surface area contributed by atoms with Gasteiger partial charge >= 0.3 is 0 Å². The molecule has 0 amide bonds. The third kappa shape index (κ3) is 5.22. The summed E-state index contributed by atoms with van der Waals surface area (Å²) in [6.07, 6.45) is 4.52. The van der Waals surface area contributed by atoms with E-state index in [2.05, 4.69) is 5.32 Å². The van der Waals surface area contributed by atoms with Crippen molar-refractivity contribution in [1.29, 1.82) is 0 Å². The molecule has 0 aliphatic heterocycles. The molecule has 0 aromatic heterocycles. The van der Waals surface area contributed by atoms with E-state index in [1.54, 1.807) is 0 Å². The highest BCUT2D eigenvalue weighted by atomic mass is 16.5. The van der Waals surface area contributed by atoms with Crippen molar-refractivity contribution in [3.8, 4) is 0 Å². The summed E-state index contributed by atoms with van der Waals surface area (Å²) in [5.74, 6) is 0. The van der Waals surface area contributed by atoms with Gasteiger partial charge in [-0.15, -0.1) is 0 Å². The SMILES string of the molecule is CC.CNCCOC1CCC1. The van der Waals surface area contributed by atoms with Gasteiger partial charge in [0.05, 0.1) is 12.7 Å². The predicted molar refractivity (Wildman–Crippen MR) is 48.9 cm³/mol. The van der Waals surface area contributed by atoms with Crippen LogP contribution in [0.3, 0.4) is 0 Å². The van der Waals surface area contributed by atoms with Gasteiger partial charge in [-0.2, -0.15) is 0 Å². The van der Waals surface area contributed by atoms with Gasteiger partial charge < -0.3 is 10.1 Å². The third-order valence-electron chi connectivity index (χ3n) is 1.76. The Hall–Kier alpha value is -0.0800. The first-order valence-electron chi connectivity index (χ1n) is 4.69. The van der Waals surface area contributed by atoms with Gasteiger partial charge in [0.25, 0.3) is 0 Å². The average molecular weight is 159 g/mol. The lowest BCUT2D eigenvalue weighted by molar-refractivity contribution is 0.00483. The van der Waals surface area contributed by atoms with Crippen molar-refractivity contribution < 1.29 is 4.74 Å². The molecule has 0 aromatic rings.